The first-order chi connectivity index (χ1) is 12.9. The highest BCUT2D eigenvalue weighted by atomic mass is 16.5. The van der Waals surface area contributed by atoms with Crippen molar-refractivity contribution in [3.8, 4) is 17.0 Å². The molecule has 0 spiro atoms. The van der Waals surface area contributed by atoms with Gasteiger partial charge in [0.1, 0.15) is 5.75 Å². The number of ether oxygens (including phenoxy) is 1. The highest BCUT2D eigenvalue weighted by molar-refractivity contribution is 5.98. The van der Waals surface area contributed by atoms with Crippen LogP contribution in [0.1, 0.15) is 11.1 Å². The molecule has 0 N–H and O–H groups in total. The summed E-state index contributed by atoms with van der Waals surface area (Å²) < 4.78 is 5.57. The zero-order valence-electron chi connectivity index (χ0n) is 14.6. The van der Waals surface area contributed by atoms with Crippen molar-refractivity contribution in [3.05, 3.63) is 96.2 Å². The lowest BCUT2D eigenvalue weighted by molar-refractivity contribution is 0.416. The lowest BCUT2D eigenvalue weighted by Crippen LogP contribution is -1.94. The summed E-state index contributed by atoms with van der Waals surface area (Å²) >= 11 is 0. The molecule has 0 fully saturated rings. The van der Waals surface area contributed by atoms with Gasteiger partial charge in [0.05, 0.1) is 12.8 Å². The number of methoxy groups -OCH3 is 1. The molecule has 1 aromatic heterocycles. The lowest BCUT2D eigenvalue weighted by Gasteiger charge is -2.12. The van der Waals surface area contributed by atoms with E-state index in [9.17, 15) is 0 Å². The van der Waals surface area contributed by atoms with E-state index in [1.165, 1.54) is 5.39 Å². The zero-order chi connectivity index (χ0) is 17.8. The molecule has 3 aromatic carbocycles. The molecule has 2 nitrogen and oxygen atoms in total. The van der Waals surface area contributed by atoms with E-state index in [4.69, 9.17) is 9.72 Å². The molecule has 0 bridgehead atoms. The number of hydrogen-bond acceptors (Lipinski definition) is 2. The quantitative estimate of drug-likeness (QED) is 0.450. The molecule has 0 radical (unpaired) electrons. The normalized spacial score (nSPS) is 11.1. The molecule has 4 rings (SSSR count). The zero-order valence-corrected chi connectivity index (χ0v) is 14.6. The van der Waals surface area contributed by atoms with Crippen molar-refractivity contribution < 1.29 is 4.74 Å². The predicted octanol–water partition coefficient (Wildman–Crippen LogP) is 6.08. The molecule has 26 heavy (non-hydrogen) atoms. The minimum absolute atomic E-state index is 0.824. The Labute approximate surface area is 153 Å². The third-order valence-corrected chi connectivity index (χ3v) is 4.44. The van der Waals surface area contributed by atoms with Gasteiger partial charge >= 0.3 is 0 Å². The number of rotatable bonds is 4. The Hall–Kier alpha value is -3.39. The second-order valence-electron chi connectivity index (χ2n) is 6.05. The highest BCUT2D eigenvalue weighted by Crippen LogP contribution is 2.34. The first-order valence-electron chi connectivity index (χ1n) is 8.61. The summed E-state index contributed by atoms with van der Waals surface area (Å²) in [6, 6.07) is 26.6. The van der Waals surface area contributed by atoms with Crippen LogP contribution < -0.4 is 4.74 Å². The summed E-state index contributed by atoms with van der Waals surface area (Å²) in [5.74, 6) is 0.824. The summed E-state index contributed by atoms with van der Waals surface area (Å²) in [6.45, 7) is 0. The number of nitrogens with zero attached hydrogens (tertiary/aromatic N) is 1. The Morgan fingerprint density at radius 2 is 1.50 bits per heavy atom. The summed E-state index contributed by atoms with van der Waals surface area (Å²) in [5.41, 5.74) is 4.17. The summed E-state index contributed by atoms with van der Waals surface area (Å²) in [7, 11) is 1.69. The van der Waals surface area contributed by atoms with E-state index in [-0.39, 0.29) is 0 Å². The maximum absolute atomic E-state index is 5.57. The predicted molar refractivity (Wildman–Crippen MR) is 109 cm³/mol. The first-order valence-corrected chi connectivity index (χ1v) is 8.61. The Balaban J connectivity index is 1.94. The van der Waals surface area contributed by atoms with Crippen molar-refractivity contribution in [3.63, 3.8) is 0 Å². The average molecular weight is 337 g/mol. The first kappa shape index (κ1) is 16.1. The van der Waals surface area contributed by atoms with Gasteiger partial charge in [0.25, 0.3) is 0 Å². The maximum Gasteiger partial charge on any atom is 0.128 e. The largest absolute Gasteiger partial charge is 0.496 e. The topological polar surface area (TPSA) is 22.1 Å². The minimum atomic E-state index is 0.824. The van der Waals surface area contributed by atoms with E-state index < -0.39 is 0 Å². The molecule has 0 amide bonds. The molecular weight excluding hydrogens is 318 g/mol. The fourth-order valence-corrected chi connectivity index (χ4v) is 3.15. The second-order valence-corrected chi connectivity index (χ2v) is 6.05. The van der Waals surface area contributed by atoms with Crippen LogP contribution in [-0.2, 0) is 0 Å². The molecule has 0 saturated carbocycles. The van der Waals surface area contributed by atoms with E-state index in [0.717, 1.165) is 33.5 Å². The van der Waals surface area contributed by atoms with E-state index in [1.807, 2.05) is 48.7 Å². The molecule has 126 valence electrons. The standard InChI is InChI=1S/C24H19NO/c1-26-23-14-8-7-13-22(23)24-21(16-15-18-9-3-2-4-10-18)20-12-6-5-11-19(20)17-25-24/h2-17H,1H3/b16-15+. The summed E-state index contributed by atoms with van der Waals surface area (Å²) in [6.07, 6.45) is 6.20. The van der Waals surface area contributed by atoms with Crippen LogP contribution >= 0.6 is 0 Å². The molecule has 0 atom stereocenters. The van der Waals surface area contributed by atoms with Gasteiger partial charge in [0.15, 0.2) is 0 Å². The molecular formula is C24H19NO. The van der Waals surface area contributed by atoms with Gasteiger partial charge in [-0.2, -0.15) is 0 Å². The number of aromatic nitrogens is 1. The van der Waals surface area contributed by atoms with Crippen LogP contribution in [0.5, 0.6) is 5.75 Å². The van der Waals surface area contributed by atoms with Crippen molar-refractivity contribution >= 4 is 22.9 Å². The van der Waals surface area contributed by atoms with Crippen LogP contribution in [0.3, 0.4) is 0 Å². The highest BCUT2D eigenvalue weighted by Gasteiger charge is 2.12. The van der Waals surface area contributed by atoms with E-state index >= 15 is 0 Å². The van der Waals surface area contributed by atoms with Gasteiger partial charge in [0.2, 0.25) is 0 Å². The Morgan fingerprint density at radius 3 is 2.35 bits per heavy atom. The van der Waals surface area contributed by atoms with Gasteiger partial charge in [-0.1, -0.05) is 78.9 Å². The van der Waals surface area contributed by atoms with Crippen LogP contribution in [0, 0.1) is 0 Å². The molecule has 0 unspecified atom stereocenters. The smallest absolute Gasteiger partial charge is 0.128 e. The Bertz CT molecular complexity index is 1070. The molecule has 0 aliphatic heterocycles. The average Bonchev–Trinajstić information content (AvgIpc) is 2.72. The Morgan fingerprint density at radius 1 is 0.769 bits per heavy atom. The summed E-state index contributed by atoms with van der Waals surface area (Å²) in [4.78, 5) is 4.77. The third-order valence-electron chi connectivity index (χ3n) is 4.44. The number of fused-ring (bicyclic) bond motifs is 1. The molecule has 1 heterocycles. The molecule has 2 heteroatoms. The SMILES string of the molecule is COc1ccccc1-c1ncc2ccccc2c1/C=C/c1ccccc1. The van der Waals surface area contributed by atoms with Gasteiger partial charge in [-0.05, 0) is 23.1 Å². The van der Waals surface area contributed by atoms with Gasteiger partial charge in [-0.3, -0.25) is 4.98 Å². The van der Waals surface area contributed by atoms with Gasteiger partial charge in [-0.15, -0.1) is 0 Å². The van der Waals surface area contributed by atoms with Crippen LogP contribution in [0.4, 0.5) is 0 Å². The van der Waals surface area contributed by atoms with Crippen molar-refractivity contribution in [2.24, 2.45) is 0 Å². The molecule has 0 aliphatic carbocycles. The van der Waals surface area contributed by atoms with E-state index in [0.29, 0.717) is 0 Å². The van der Waals surface area contributed by atoms with Crippen LogP contribution in [0.15, 0.2) is 85.1 Å². The maximum atomic E-state index is 5.57. The van der Waals surface area contributed by atoms with Crippen molar-refractivity contribution in [2.75, 3.05) is 7.11 Å². The van der Waals surface area contributed by atoms with Gasteiger partial charge in [-0.25, -0.2) is 0 Å². The Kier molecular flexibility index (Phi) is 4.48. The van der Waals surface area contributed by atoms with Crippen molar-refractivity contribution in [2.45, 2.75) is 0 Å². The van der Waals surface area contributed by atoms with Gasteiger partial charge in [0, 0.05) is 22.7 Å². The summed E-state index contributed by atoms with van der Waals surface area (Å²) in [5, 5.41) is 2.30. The monoisotopic (exact) mass is 337 g/mol. The van der Waals surface area contributed by atoms with Crippen LogP contribution in [-0.4, -0.2) is 12.1 Å². The van der Waals surface area contributed by atoms with E-state index in [2.05, 4.69) is 48.6 Å². The number of benzene rings is 3. The molecule has 0 aliphatic rings. The number of para-hydroxylation sites is 1. The fourth-order valence-electron chi connectivity index (χ4n) is 3.15. The van der Waals surface area contributed by atoms with E-state index in [1.54, 1.807) is 7.11 Å². The van der Waals surface area contributed by atoms with Gasteiger partial charge < -0.3 is 4.74 Å². The van der Waals surface area contributed by atoms with Crippen molar-refractivity contribution in [1.29, 1.82) is 0 Å². The lowest BCUT2D eigenvalue weighted by atomic mass is 9.98. The van der Waals surface area contributed by atoms with Crippen LogP contribution in [0.2, 0.25) is 0 Å². The number of pyridine rings is 1. The van der Waals surface area contributed by atoms with Crippen molar-refractivity contribution in [1.82, 2.24) is 4.98 Å². The fraction of sp³-hybridized carbons (Fsp3) is 0.0417. The third kappa shape index (κ3) is 3.09. The molecule has 0 saturated heterocycles. The second kappa shape index (κ2) is 7.24. The molecule has 4 aromatic rings. The van der Waals surface area contributed by atoms with Crippen LogP contribution in [0.25, 0.3) is 34.2 Å². The number of hydrogen-bond donors (Lipinski definition) is 0. The minimum Gasteiger partial charge on any atom is -0.496 e.